The number of nitrogens with zero attached hydrogens (tertiary/aromatic N) is 1. The maximum atomic E-state index is 12.9. The van der Waals surface area contributed by atoms with Crippen molar-refractivity contribution in [1.29, 1.82) is 0 Å². The average Bonchev–Trinajstić information content (AvgIpc) is 2.69. The van der Waals surface area contributed by atoms with Gasteiger partial charge < -0.3 is 10.3 Å². The van der Waals surface area contributed by atoms with Gasteiger partial charge in [0.25, 0.3) is 0 Å². The first-order chi connectivity index (χ1) is 8.54. The summed E-state index contributed by atoms with van der Waals surface area (Å²) in [7, 11) is 0. The molecule has 96 valence electrons. The van der Waals surface area contributed by atoms with Gasteiger partial charge in [-0.2, -0.15) is 0 Å². The Labute approximate surface area is 111 Å². The fourth-order valence-corrected chi connectivity index (χ4v) is 2.16. The van der Waals surface area contributed by atoms with Crippen molar-refractivity contribution in [1.82, 2.24) is 4.57 Å². The summed E-state index contributed by atoms with van der Waals surface area (Å²) in [6, 6.07) is 6.66. The van der Waals surface area contributed by atoms with Crippen LogP contribution in [0.25, 0.3) is 0 Å². The van der Waals surface area contributed by atoms with E-state index < -0.39 is 0 Å². The average molecular weight is 267 g/mol. The number of hydrogen-bond acceptors (Lipinski definition) is 1. The largest absolute Gasteiger partial charge is 0.350 e. The third-order valence-corrected chi connectivity index (χ3v) is 3.09. The van der Waals surface area contributed by atoms with E-state index in [0.717, 1.165) is 12.0 Å². The van der Waals surface area contributed by atoms with Crippen LogP contribution < -0.4 is 5.73 Å². The van der Waals surface area contributed by atoms with E-state index in [4.69, 9.17) is 17.3 Å². The van der Waals surface area contributed by atoms with Gasteiger partial charge in [-0.3, -0.25) is 0 Å². The molecule has 0 aliphatic heterocycles. The minimum absolute atomic E-state index is 0.148. The molecule has 0 aliphatic rings. The summed E-state index contributed by atoms with van der Waals surface area (Å²) >= 11 is 6.00. The van der Waals surface area contributed by atoms with Crippen LogP contribution in [0.3, 0.4) is 0 Å². The predicted molar refractivity (Wildman–Crippen MR) is 72.3 cm³/mol. The van der Waals surface area contributed by atoms with Gasteiger partial charge >= 0.3 is 0 Å². The molecule has 0 saturated heterocycles. The summed E-state index contributed by atoms with van der Waals surface area (Å²) < 4.78 is 15.0. The SMILES string of the molecule is CC(N)Cc1ccn(Cc2ccc(F)cc2Cl)c1. The van der Waals surface area contributed by atoms with E-state index in [2.05, 4.69) is 0 Å². The van der Waals surface area contributed by atoms with Gasteiger partial charge in [-0.1, -0.05) is 17.7 Å². The zero-order valence-electron chi connectivity index (χ0n) is 10.2. The molecule has 1 unspecified atom stereocenters. The molecule has 1 aromatic heterocycles. The van der Waals surface area contributed by atoms with Crippen LogP contribution in [0, 0.1) is 5.82 Å². The van der Waals surface area contributed by atoms with E-state index in [9.17, 15) is 4.39 Å². The van der Waals surface area contributed by atoms with Gasteiger partial charge in [0.2, 0.25) is 0 Å². The molecule has 1 aromatic carbocycles. The highest BCUT2D eigenvalue weighted by Crippen LogP contribution is 2.18. The number of hydrogen-bond donors (Lipinski definition) is 1. The zero-order valence-corrected chi connectivity index (χ0v) is 11.0. The third-order valence-electron chi connectivity index (χ3n) is 2.74. The van der Waals surface area contributed by atoms with Crippen molar-refractivity contribution < 1.29 is 4.39 Å². The van der Waals surface area contributed by atoms with E-state index >= 15 is 0 Å². The summed E-state index contributed by atoms with van der Waals surface area (Å²) in [5.74, 6) is -0.311. The van der Waals surface area contributed by atoms with Crippen LogP contribution in [-0.2, 0) is 13.0 Å². The first-order valence-corrected chi connectivity index (χ1v) is 6.26. The molecular weight excluding hydrogens is 251 g/mol. The second kappa shape index (κ2) is 5.55. The summed E-state index contributed by atoms with van der Waals surface area (Å²) in [5.41, 5.74) is 7.86. The first-order valence-electron chi connectivity index (χ1n) is 5.89. The fraction of sp³-hybridized carbons (Fsp3) is 0.286. The molecule has 18 heavy (non-hydrogen) atoms. The van der Waals surface area contributed by atoms with Gasteiger partial charge in [0.1, 0.15) is 5.82 Å². The Morgan fingerprint density at radius 1 is 1.39 bits per heavy atom. The molecule has 0 radical (unpaired) electrons. The maximum absolute atomic E-state index is 12.9. The number of rotatable bonds is 4. The Balaban J connectivity index is 2.11. The number of nitrogens with two attached hydrogens (primary N) is 1. The minimum Gasteiger partial charge on any atom is -0.350 e. The van der Waals surface area contributed by atoms with Crippen LogP contribution in [0.1, 0.15) is 18.1 Å². The normalized spacial score (nSPS) is 12.7. The Kier molecular flexibility index (Phi) is 4.04. The minimum atomic E-state index is -0.311. The highest BCUT2D eigenvalue weighted by atomic mass is 35.5. The lowest BCUT2D eigenvalue weighted by molar-refractivity contribution is 0.626. The molecule has 2 N–H and O–H groups in total. The van der Waals surface area contributed by atoms with Crippen molar-refractivity contribution >= 4 is 11.6 Å². The molecule has 1 atom stereocenters. The van der Waals surface area contributed by atoms with Crippen LogP contribution in [0.15, 0.2) is 36.7 Å². The van der Waals surface area contributed by atoms with Gasteiger partial charge in [0.05, 0.1) is 0 Å². The fourth-order valence-electron chi connectivity index (χ4n) is 1.93. The highest BCUT2D eigenvalue weighted by molar-refractivity contribution is 6.31. The van der Waals surface area contributed by atoms with Gasteiger partial charge in [0, 0.05) is 30.0 Å². The number of aromatic nitrogens is 1. The lowest BCUT2D eigenvalue weighted by atomic mass is 10.1. The molecule has 0 saturated carbocycles. The molecule has 0 aliphatic carbocycles. The molecule has 2 rings (SSSR count). The molecule has 4 heteroatoms. The number of benzene rings is 1. The molecule has 2 nitrogen and oxygen atoms in total. The zero-order chi connectivity index (χ0) is 13.1. The Bertz CT molecular complexity index is 534. The van der Waals surface area contributed by atoms with Gasteiger partial charge in [-0.05, 0) is 42.7 Å². The monoisotopic (exact) mass is 266 g/mol. The summed E-state index contributed by atoms with van der Waals surface area (Å²) in [4.78, 5) is 0. The molecule has 2 aromatic rings. The van der Waals surface area contributed by atoms with Crippen LogP contribution in [0.5, 0.6) is 0 Å². The van der Waals surface area contributed by atoms with E-state index in [1.807, 2.05) is 30.0 Å². The Morgan fingerprint density at radius 3 is 2.83 bits per heavy atom. The highest BCUT2D eigenvalue weighted by Gasteiger charge is 2.04. The molecule has 1 heterocycles. The molecule has 0 spiro atoms. The van der Waals surface area contributed by atoms with Crippen molar-refractivity contribution in [2.45, 2.75) is 25.9 Å². The first kappa shape index (κ1) is 13.1. The van der Waals surface area contributed by atoms with Gasteiger partial charge in [0.15, 0.2) is 0 Å². The standard InChI is InChI=1S/C14H16ClFN2/c1-10(17)6-11-4-5-18(8-11)9-12-2-3-13(16)7-14(12)15/h2-5,7-8,10H,6,9,17H2,1H3. The number of halogens is 2. The summed E-state index contributed by atoms with van der Waals surface area (Å²) in [5, 5.41) is 0.456. The van der Waals surface area contributed by atoms with Gasteiger partial charge in [-0.15, -0.1) is 0 Å². The van der Waals surface area contributed by atoms with Crippen molar-refractivity contribution in [2.75, 3.05) is 0 Å². The second-order valence-corrected chi connectivity index (χ2v) is 5.02. The van der Waals surface area contributed by atoms with E-state index in [0.29, 0.717) is 11.6 Å². The van der Waals surface area contributed by atoms with Crippen LogP contribution in [0.4, 0.5) is 4.39 Å². The van der Waals surface area contributed by atoms with Crippen molar-refractivity contribution in [3.05, 3.63) is 58.6 Å². The summed E-state index contributed by atoms with van der Waals surface area (Å²) in [6.07, 6.45) is 4.88. The molecular formula is C14H16ClFN2. The Morgan fingerprint density at radius 2 is 2.17 bits per heavy atom. The smallest absolute Gasteiger partial charge is 0.124 e. The Hall–Kier alpha value is -1.32. The topological polar surface area (TPSA) is 30.9 Å². The third kappa shape index (κ3) is 3.34. The van der Waals surface area contributed by atoms with Crippen LogP contribution >= 0.6 is 11.6 Å². The van der Waals surface area contributed by atoms with Crippen molar-refractivity contribution in [3.8, 4) is 0 Å². The van der Waals surface area contributed by atoms with Gasteiger partial charge in [-0.25, -0.2) is 4.39 Å². The second-order valence-electron chi connectivity index (χ2n) is 4.61. The van der Waals surface area contributed by atoms with E-state index in [1.54, 1.807) is 6.07 Å². The quantitative estimate of drug-likeness (QED) is 0.905. The van der Waals surface area contributed by atoms with Crippen molar-refractivity contribution in [2.24, 2.45) is 5.73 Å². The lowest BCUT2D eigenvalue weighted by Crippen LogP contribution is -2.17. The van der Waals surface area contributed by atoms with Crippen LogP contribution in [-0.4, -0.2) is 10.6 Å². The summed E-state index contributed by atoms with van der Waals surface area (Å²) in [6.45, 7) is 2.62. The molecule has 0 fully saturated rings. The van der Waals surface area contributed by atoms with Crippen LogP contribution in [0.2, 0.25) is 5.02 Å². The molecule has 0 bridgehead atoms. The van der Waals surface area contributed by atoms with E-state index in [1.165, 1.54) is 17.7 Å². The molecule has 0 amide bonds. The lowest BCUT2D eigenvalue weighted by Gasteiger charge is -2.06. The van der Waals surface area contributed by atoms with E-state index in [-0.39, 0.29) is 11.9 Å². The van der Waals surface area contributed by atoms with Crippen molar-refractivity contribution in [3.63, 3.8) is 0 Å². The predicted octanol–water partition coefficient (Wildman–Crippen LogP) is 3.22. The maximum Gasteiger partial charge on any atom is 0.124 e.